The van der Waals surface area contributed by atoms with E-state index in [1.54, 1.807) is 11.3 Å². The summed E-state index contributed by atoms with van der Waals surface area (Å²) in [7, 11) is 0. The van der Waals surface area contributed by atoms with Crippen LogP contribution in [0.5, 0.6) is 0 Å². The van der Waals surface area contributed by atoms with Crippen molar-refractivity contribution in [2.75, 3.05) is 5.73 Å². The highest BCUT2D eigenvalue weighted by atomic mass is 79.9. The average molecular weight is 324 g/mol. The Hall–Kier alpha value is 0.390. The van der Waals surface area contributed by atoms with Gasteiger partial charge in [0.25, 0.3) is 0 Å². The van der Waals surface area contributed by atoms with Crippen molar-refractivity contribution in [3.05, 3.63) is 10.6 Å². The molecule has 0 aromatic carbocycles. The highest BCUT2D eigenvalue weighted by molar-refractivity contribution is 9.25. The van der Waals surface area contributed by atoms with E-state index in [2.05, 4.69) is 36.8 Å². The first kappa shape index (κ1) is 8.68. The van der Waals surface area contributed by atoms with Crippen LogP contribution in [0.4, 0.5) is 5.13 Å². The second-order valence-electron chi connectivity index (χ2n) is 3.66. The van der Waals surface area contributed by atoms with Crippen LogP contribution in [-0.4, -0.2) is 8.22 Å². The smallest absolute Gasteiger partial charge is 0.180 e. The number of hydrogen-bond donors (Lipinski definition) is 1. The van der Waals surface area contributed by atoms with E-state index in [0.29, 0.717) is 17.0 Å². The predicted molar refractivity (Wildman–Crippen MR) is 61.7 cm³/mol. The lowest BCUT2D eigenvalue weighted by Crippen LogP contribution is -1.98. The van der Waals surface area contributed by atoms with Crippen molar-refractivity contribution in [3.8, 4) is 0 Å². The van der Waals surface area contributed by atoms with Crippen LogP contribution in [0.2, 0.25) is 0 Å². The molecule has 2 nitrogen and oxygen atoms in total. The summed E-state index contributed by atoms with van der Waals surface area (Å²) in [6, 6.07) is 0. The van der Waals surface area contributed by atoms with Crippen LogP contribution < -0.4 is 5.73 Å². The highest BCUT2D eigenvalue weighted by Gasteiger charge is 2.65. The van der Waals surface area contributed by atoms with Crippen molar-refractivity contribution in [1.82, 2.24) is 4.98 Å². The van der Waals surface area contributed by atoms with Crippen molar-refractivity contribution >= 4 is 48.3 Å². The maximum Gasteiger partial charge on any atom is 0.180 e. The molecule has 2 atom stereocenters. The van der Waals surface area contributed by atoms with E-state index < -0.39 is 0 Å². The molecule has 0 bridgehead atoms. The predicted octanol–water partition coefficient (Wildman–Crippen LogP) is 2.87. The van der Waals surface area contributed by atoms with Crippen molar-refractivity contribution < 1.29 is 0 Å². The van der Waals surface area contributed by atoms with Gasteiger partial charge in [0.05, 0.1) is 8.93 Å². The van der Waals surface area contributed by atoms with E-state index in [9.17, 15) is 0 Å². The van der Waals surface area contributed by atoms with Crippen LogP contribution in [0.3, 0.4) is 0 Å². The summed E-state index contributed by atoms with van der Waals surface area (Å²) >= 11 is 9.04. The number of nitrogen functional groups attached to an aromatic ring is 1. The Morgan fingerprint density at radius 1 is 1.54 bits per heavy atom. The van der Waals surface area contributed by atoms with Crippen LogP contribution >= 0.6 is 43.2 Å². The number of aryl methyl sites for hydroxylation is 1. The third-order valence-electron chi connectivity index (χ3n) is 2.92. The van der Waals surface area contributed by atoms with Gasteiger partial charge in [0.15, 0.2) is 5.13 Å². The van der Waals surface area contributed by atoms with Gasteiger partial charge < -0.3 is 5.73 Å². The molecule has 1 saturated carbocycles. The Kier molecular flexibility index (Phi) is 1.66. The maximum absolute atomic E-state index is 5.70. The first-order valence-corrected chi connectivity index (χ1v) is 6.64. The minimum absolute atomic E-state index is 0.117. The van der Waals surface area contributed by atoms with Gasteiger partial charge in [-0.1, -0.05) is 31.9 Å². The molecule has 0 radical (unpaired) electrons. The van der Waals surface area contributed by atoms with Gasteiger partial charge in [0.2, 0.25) is 0 Å². The third kappa shape index (κ3) is 1.07. The molecule has 1 heterocycles. The molecule has 1 aromatic heterocycles. The van der Waals surface area contributed by atoms with Gasteiger partial charge >= 0.3 is 0 Å². The van der Waals surface area contributed by atoms with E-state index in [-0.39, 0.29) is 3.23 Å². The van der Waals surface area contributed by atoms with Gasteiger partial charge in [-0.2, -0.15) is 0 Å². The molecular weight excluding hydrogens is 316 g/mol. The summed E-state index contributed by atoms with van der Waals surface area (Å²) in [5.41, 5.74) is 6.93. The van der Waals surface area contributed by atoms with E-state index in [0.717, 1.165) is 6.42 Å². The first-order chi connectivity index (χ1) is 6.10. The molecular formula is C8H8Br2N2S. The van der Waals surface area contributed by atoms with Crippen LogP contribution in [0.15, 0.2) is 0 Å². The minimum Gasteiger partial charge on any atom is -0.375 e. The largest absolute Gasteiger partial charge is 0.375 e. The fourth-order valence-electron chi connectivity index (χ4n) is 2.21. The number of aromatic nitrogens is 1. The molecule has 3 rings (SSSR count). The number of rotatable bonds is 0. The fourth-order valence-corrected chi connectivity index (χ4v) is 4.90. The van der Waals surface area contributed by atoms with E-state index in [1.807, 2.05) is 0 Å². The van der Waals surface area contributed by atoms with Gasteiger partial charge in [0.1, 0.15) is 0 Å². The quantitative estimate of drug-likeness (QED) is 0.746. The molecule has 13 heavy (non-hydrogen) atoms. The van der Waals surface area contributed by atoms with E-state index in [4.69, 9.17) is 5.73 Å². The SMILES string of the molecule is Nc1nc2c(s1)CCC1C2C1(Br)Br. The number of nitrogens with two attached hydrogens (primary N) is 1. The molecule has 2 unspecified atom stereocenters. The summed E-state index contributed by atoms with van der Waals surface area (Å²) in [6.45, 7) is 0. The number of thiazole rings is 1. The highest BCUT2D eigenvalue weighted by Crippen LogP contribution is 2.71. The Morgan fingerprint density at radius 3 is 3.08 bits per heavy atom. The molecule has 0 spiro atoms. The molecule has 1 aromatic rings. The molecule has 0 aliphatic heterocycles. The molecule has 2 aliphatic rings. The Bertz CT molecular complexity index is 374. The normalized spacial score (nSPS) is 33.7. The number of halogens is 2. The first-order valence-electron chi connectivity index (χ1n) is 4.23. The lowest BCUT2D eigenvalue weighted by Gasteiger charge is -2.05. The number of anilines is 1. The lowest BCUT2D eigenvalue weighted by atomic mass is 10.0. The van der Waals surface area contributed by atoms with Gasteiger partial charge in [0, 0.05) is 10.8 Å². The molecule has 5 heteroatoms. The summed E-state index contributed by atoms with van der Waals surface area (Å²) < 4.78 is 0.117. The zero-order chi connectivity index (χ0) is 9.22. The molecule has 2 aliphatic carbocycles. The number of fused-ring (bicyclic) bond motifs is 3. The third-order valence-corrected chi connectivity index (χ3v) is 6.05. The Morgan fingerprint density at radius 2 is 2.31 bits per heavy atom. The van der Waals surface area contributed by atoms with Gasteiger partial charge in [-0.3, -0.25) is 0 Å². The van der Waals surface area contributed by atoms with Crippen molar-refractivity contribution in [2.24, 2.45) is 5.92 Å². The van der Waals surface area contributed by atoms with Crippen LogP contribution in [-0.2, 0) is 6.42 Å². The molecule has 2 N–H and O–H groups in total. The Balaban J connectivity index is 2.09. The van der Waals surface area contributed by atoms with Crippen LogP contribution in [0.1, 0.15) is 22.9 Å². The van der Waals surface area contributed by atoms with Crippen molar-refractivity contribution in [1.29, 1.82) is 0 Å². The number of hydrogen-bond acceptors (Lipinski definition) is 3. The monoisotopic (exact) mass is 322 g/mol. The number of alkyl halides is 2. The Labute approximate surface area is 97.2 Å². The second-order valence-corrected chi connectivity index (χ2v) is 8.46. The van der Waals surface area contributed by atoms with Crippen LogP contribution in [0, 0.1) is 5.92 Å². The van der Waals surface area contributed by atoms with E-state index >= 15 is 0 Å². The van der Waals surface area contributed by atoms with Crippen LogP contribution in [0.25, 0.3) is 0 Å². The van der Waals surface area contributed by atoms with Crippen molar-refractivity contribution in [2.45, 2.75) is 22.0 Å². The molecule has 70 valence electrons. The molecule has 1 fully saturated rings. The summed E-state index contributed by atoms with van der Waals surface area (Å²) in [5, 5.41) is 0.716. The fraction of sp³-hybridized carbons (Fsp3) is 0.625. The summed E-state index contributed by atoms with van der Waals surface area (Å²) in [5.74, 6) is 1.26. The summed E-state index contributed by atoms with van der Waals surface area (Å²) in [6.07, 6.45) is 2.39. The maximum atomic E-state index is 5.70. The topological polar surface area (TPSA) is 38.9 Å². The van der Waals surface area contributed by atoms with Gasteiger partial charge in [-0.15, -0.1) is 11.3 Å². The number of nitrogens with zero attached hydrogens (tertiary/aromatic N) is 1. The average Bonchev–Trinajstić information content (AvgIpc) is 2.45. The zero-order valence-corrected chi connectivity index (χ0v) is 10.7. The van der Waals surface area contributed by atoms with E-state index in [1.165, 1.54) is 17.0 Å². The second kappa shape index (κ2) is 2.49. The molecule has 0 amide bonds. The molecule has 0 saturated heterocycles. The minimum atomic E-state index is 0.117. The van der Waals surface area contributed by atoms with Gasteiger partial charge in [-0.25, -0.2) is 4.98 Å². The zero-order valence-electron chi connectivity index (χ0n) is 6.76. The standard InChI is InChI=1S/C8H8Br2N2S/c9-8(10)3-1-2-4-6(5(3)8)12-7(11)13-4/h3,5H,1-2H2,(H2,11,12). The van der Waals surface area contributed by atoms with Crippen molar-refractivity contribution in [3.63, 3.8) is 0 Å². The summed E-state index contributed by atoms with van der Waals surface area (Å²) in [4.78, 5) is 5.79. The lowest BCUT2D eigenvalue weighted by molar-refractivity contribution is 0.667. The van der Waals surface area contributed by atoms with Gasteiger partial charge in [-0.05, 0) is 18.8 Å².